The number of rotatable bonds is 2. The van der Waals surface area contributed by atoms with Crippen LogP contribution in [0.15, 0.2) is 39.5 Å². The Bertz CT molecular complexity index is 384. The predicted octanol–water partition coefficient (Wildman–Crippen LogP) is 2.53. The van der Waals surface area contributed by atoms with Crippen molar-refractivity contribution in [1.29, 1.82) is 0 Å². The summed E-state index contributed by atoms with van der Waals surface area (Å²) in [5.74, 6) is 0. The standard InChI is InChI=1S/C10H9BrClNO/c11-8-1-3-10(12)7(2-4-14)6-13-9(10)5-8/h1,3,5-6,14H,2,4H2. The summed E-state index contributed by atoms with van der Waals surface area (Å²) in [5, 5.41) is 8.88. The SMILES string of the molecule is OCCC1=CN=C2C=C(Br)C=CC12Cl. The second kappa shape index (κ2) is 3.65. The molecule has 0 saturated heterocycles. The van der Waals surface area contributed by atoms with E-state index in [9.17, 15) is 0 Å². The van der Waals surface area contributed by atoms with Crippen molar-refractivity contribution in [2.24, 2.45) is 4.99 Å². The molecule has 0 fully saturated rings. The molecule has 1 unspecified atom stereocenters. The molecule has 14 heavy (non-hydrogen) atoms. The van der Waals surface area contributed by atoms with Crippen molar-refractivity contribution < 1.29 is 5.11 Å². The molecule has 1 atom stereocenters. The molecule has 1 N–H and O–H groups in total. The zero-order valence-corrected chi connectivity index (χ0v) is 9.72. The number of alkyl halides is 1. The minimum atomic E-state index is -0.625. The van der Waals surface area contributed by atoms with Crippen LogP contribution in [0.5, 0.6) is 0 Å². The molecule has 1 aliphatic heterocycles. The molecule has 1 heterocycles. The first-order chi connectivity index (χ1) is 6.66. The van der Waals surface area contributed by atoms with Gasteiger partial charge in [0.25, 0.3) is 0 Å². The molecule has 0 aromatic rings. The molecule has 0 aromatic heterocycles. The van der Waals surface area contributed by atoms with Gasteiger partial charge in [-0.15, -0.1) is 11.6 Å². The van der Waals surface area contributed by atoms with Crippen LogP contribution in [0.3, 0.4) is 0 Å². The number of aliphatic imine (C=N–C) groups is 1. The molecule has 2 rings (SSSR count). The summed E-state index contributed by atoms with van der Waals surface area (Å²) in [6.07, 6.45) is 8.00. The van der Waals surface area contributed by atoms with Crippen LogP contribution in [0.25, 0.3) is 0 Å². The van der Waals surface area contributed by atoms with Gasteiger partial charge in [-0.2, -0.15) is 0 Å². The number of hydrogen-bond acceptors (Lipinski definition) is 2. The van der Waals surface area contributed by atoms with Crippen LogP contribution in [-0.2, 0) is 0 Å². The van der Waals surface area contributed by atoms with Gasteiger partial charge in [0.2, 0.25) is 0 Å². The zero-order chi connectivity index (χ0) is 10.2. The summed E-state index contributed by atoms with van der Waals surface area (Å²) in [5.41, 5.74) is 1.76. The number of nitrogens with zero attached hydrogens (tertiary/aromatic N) is 1. The van der Waals surface area contributed by atoms with E-state index in [0.29, 0.717) is 6.42 Å². The van der Waals surface area contributed by atoms with Crippen molar-refractivity contribution in [3.05, 3.63) is 34.5 Å². The Morgan fingerprint density at radius 3 is 3.07 bits per heavy atom. The molecule has 74 valence electrons. The molecule has 2 nitrogen and oxygen atoms in total. The lowest BCUT2D eigenvalue weighted by Crippen LogP contribution is -2.30. The van der Waals surface area contributed by atoms with E-state index in [4.69, 9.17) is 16.7 Å². The Hall–Kier alpha value is -0.380. The number of allylic oxidation sites excluding steroid dienone is 4. The highest BCUT2D eigenvalue weighted by atomic mass is 79.9. The van der Waals surface area contributed by atoms with Crippen LogP contribution in [0.4, 0.5) is 0 Å². The van der Waals surface area contributed by atoms with Gasteiger partial charge in [0.1, 0.15) is 4.87 Å². The second-order valence-corrected chi connectivity index (χ2v) is 4.73. The largest absolute Gasteiger partial charge is 0.396 e. The van der Waals surface area contributed by atoms with E-state index >= 15 is 0 Å². The molecule has 0 aromatic carbocycles. The van der Waals surface area contributed by atoms with Crippen LogP contribution in [0.1, 0.15) is 6.42 Å². The number of fused-ring (bicyclic) bond motifs is 1. The monoisotopic (exact) mass is 273 g/mol. The molecule has 1 aliphatic carbocycles. The topological polar surface area (TPSA) is 32.6 Å². The fourth-order valence-corrected chi connectivity index (χ4v) is 2.23. The van der Waals surface area contributed by atoms with Gasteiger partial charge in [0.15, 0.2) is 0 Å². The Morgan fingerprint density at radius 2 is 2.36 bits per heavy atom. The smallest absolute Gasteiger partial charge is 0.128 e. The lowest BCUT2D eigenvalue weighted by molar-refractivity contribution is 0.298. The van der Waals surface area contributed by atoms with Gasteiger partial charge in [-0.25, -0.2) is 0 Å². The molecular formula is C10H9BrClNO. The third kappa shape index (κ3) is 1.49. The normalized spacial score (nSPS) is 29.5. The number of hydrogen-bond donors (Lipinski definition) is 1. The van der Waals surface area contributed by atoms with Crippen LogP contribution < -0.4 is 0 Å². The van der Waals surface area contributed by atoms with Gasteiger partial charge in [0, 0.05) is 17.3 Å². The quantitative estimate of drug-likeness (QED) is 0.771. The van der Waals surface area contributed by atoms with E-state index in [1.54, 1.807) is 6.20 Å². The van der Waals surface area contributed by atoms with E-state index in [0.717, 1.165) is 15.8 Å². The molecule has 4 heteroatoms. The number of aliphatic hydroxyl groups is 1. The average molecular weight is 275 g/mol. The highest BCUT2D eigenvalue weighted by Crippen LogP contribution is 2.39. The first-order valence-electron chi connectivity index (χ1n) is 4.31. The van der Waals surface area contributed by atoms with Crippen molar-refractivity contribution >= 4 is 33.2 Å². The lowest BCUT2D eigenvalue weighted by atomic mass is 9.90. The molecule has 0 bridgehead atoms. The molecule has 0 saturated carbocycles. The van der Waals surface area contributed by atoms with Crippen molar-refractivity contribution in [2.75, 3.05) is 6.61 Å². The Labute approximate surface area is 95.8 Å². The Morgan fingerprint density at radius 1 is 1.57 bits per heavy atom. The predicted molar refractivity (Wildman–Crippen MR) is 62.0 cm³/mol. The lowest BCUT2D eigenvalue weighted by Gasteiger charge is -2.24. The molecule has 0 amide bonds. The molecule has 2 aliphatic rings. The summed E-state index contributed by atoms with van der Waals surface area (Å²) in [4.78, 5) is 3.61. The van der Waals surface area contributed by atoms with E-state index in [1.807, 2.05) is 18.2 Å². The fraction of sp³-hybridized carbons (Fsp3) is 0.300. The molecule has 0 radical (unpaired) electrons. The van der Waals surface area contributed by atoms with E-state index in [1.165, 1.54) is 0 Å². The van der Waals surface area contributed by atoms with Gasteiger partial charge in [-0.05, 0) is 24.1 Å². The summed E-state index contributed by atoms with van der Waals surface area (Å²) in [7, 11) is 0. The van der Waals surface area contributed by atoms with Gasteiger partial charge in [-0.1, -0.05) is 22.0 Å². The zero-order valence-electron chi connectivity index (χ0n) is 7.37. The molecular weight excluding hydrogens is 265 g/mol. The third-order valence-electron chi connectivity index (χ3n) is 2.33. The van der Waals surface area contributed by atoms with Gasteiger partial charge in [0.05, 0.1) is 5.71 Å². The highest BCUT2D eigenvalue weighted by Gasteiger charge is 2.38. The van der Waals surface area contributed by atoms with Crippen molar-refractivity contribution in [2.45, 2.75) is 11.3 Å². The second-order valence-electron chi connectivity index (χ2n) is 3.22. The summed E-state index contributed by atoms with van der Waals surface area (Å²) in [6, 6.07) is 0. The minimum absolute atomic E-state index is 0.0990. The van der Waals surface area contributed by atoms with Crippen molar-refractivity contribution in [3.63, 3.8) is 0 Å². The number of aliphatic hydroxyl groups excluding tert-OH is 1. The molecule has 0 spiro atoms. The highest BCUT2D eigenvalue weighted by molar-refractivity contribution is 9.11. The maximum absolute atomic E-state index is 8.88. The maximum atomic E-state index is 8.88. The first kappa shape index (κ1) is 10.1. The Kier molecular flexibility index (Phi) is 2.64. The number of halogens is 2. The van der Waals surface area contributed by atoms with Crippen LogP contribution in [0, 0.1) is 0 Å². The summed E-state index contributed by atoms with van der Waals surface area (Å²) in [6.45, 7) is 0.0990. The van der Waals surface area contributed by atoms with E-state index < -0.39 is 4.87 Å². The van der Waals surface area contributed by atoms with E-state index in [2.05, 4.69) is 20.9 Å². The van der Waals surface area contributed by atoms with Gasteiger partial charge in [-0.3, -0.25) is 4.99 Å². The van der Waals surface area contributed by atoms with Crippen molar-refractivity contribution in [3.8, 4) is 0 Å². The third-order valence-corrected chi connectivity index (χ3v) is 3.38. The summed E-state index contributed by atoms with van der Waals surface area (Å²) >= 11 is 9.79. The van der Waals surface area contributed by atoms with Gasteiger partial charge >= 0.3 is 0 Å². The Balaban J connectivity index is 2.32. The van der Waals surface area contributed by atoms with Gasteiger partial charge < -0.3 is 5.11 Å². The fourth-order valence-electron chi connectivity index (χ4n) is 1.57. The minimum Gasteiger partial charge on any atom is -0.396 e. The average Bonchev–Trinajstić information content (AvgIpc) is 2.46. The summed E-state index contributed by atoms with van der Waals surface area (Å²) < 4.78 is 0.964. The first-order valence-corrected chi connectivity index (χ1v) is 5.48. The van der Waals surface area contributed by atoms with E-state index in [-0.39, 0.29) is 6.61 Å². The van der Waals surface area contributed by atoms with Crippen LogP contribution >= 0.6 is 27.5 Å². The van der Waals surface area contributed by atoms with Crippen molar-refractivity contribution in [1.82, 2.24) is 0 Å². The van der Waals surface area contributed by atoms with Crippen LogP contribution in [0.2, 0.25) is 0 Å². The van der Waals surface area contributed by atoms with Crippen LogP contribution in [-0.4, -0.2) is 22.3 Å². The maximum Gasteiger partial charge on any atom is 0.128 e.